The fraction of sp³-hybridized carbons (Fsp3) is 0.471. The van der Waals surface area contributed by atoms with Crippen LogP contribution in [0.5, 0.6) is 5.75 Å². The van der Waals surface area contributed by atoms with E-state index in [2.05, 4.69) is 0 Å². The van der Waals surface area contributed by atoms with Gasteiger partial charge in [0, 0.05) is 35.7 Å². The molecule has 0 bridgehead atoms. The van der Waals surface area contributed by atoms with Gasteiger partial charge in [-0.15, -0.1) is 0 Å². The maximum absolute atomic E-state index is 12.7. The number of nitro groups is 1. The minimum Gasteiger partial charge on any atom is -0.463 e. The molecule has 25 heavy (non-hydrogen) atoms. The van der Waals surface area contributed by atoms with Gasteiger partial charge in [-0.1, -0.05) is 25.4 Å². The van der Waals surface area contributed by atoms with Gasteiger partial charge in [-0.3, -0.25) is 19.8 Å². The maximum Gasteiger partial charge on any atom is 0.313 e. The van der Waals surface area contributed by atoms with Crippen LogP contribution in [-0.4, -0.2) is 48.1 Å². The maximum atomic E-state index is 12.7. The number of carbonyl (C=O) groups is 1. The smallest absolute Gasteiger partial charge is 0.313 e. The Labute approximate surface area is 150 Å². The molecule has 1 atom stereocenters. The number of benzene rings is 1. The lowest BCUT2D eigenvalue weighted by Crippen LogP contribution is -2.49. The number of morpholine rings is 1. The molecule has 0 radical (unpaired) electrons. The van der Waals surface area contributed by atoms with Crippen molar-refractivity contribution in [3.63, 3.8) is 0 Å². The van der Waals surface area contributed by atoms with Crippen molar-refractivity contribution >= 4 is 29.1 Å². The minimum absolute atomic E-state index is 0.0511. The summed E-state index contributed by atoms with van der Waals surface area (Å²) < 4.78 is 11.3. The quantitative estimate of drug-likeness (QED) is 0.602. The second-order valence-electron chi connectivity index (χ2n) is 6.34. The molecule has 2 aliphatic heterocycles. The number of nitrogens with zero attached hydrogens (tertiary/aromatic N) is 2. The Balaban J connectivity index is 2.10. The fourth-order valence-corrected chi connectivity index (χ4v) is 3.22. The molecule has 0 aliphatic carbocycles. The van der Waals surface area contributed by atoms with Crippen LogP contribution >= 0.6 is 11.6 Å². The van der Waals surface area contributed by atoms with Crippen molar-refractivity contribution in [1.29, 1.82) is 0 Å². The first-order valence-electron chi connectivity index (χ1n) is 8.10. The van der Waals surface area contributed by atoms with Crippen LogP contribution in [0.1, 0.15) is 19.4 Å². The van der Waals surface area contributed by atoms with Gasteiger partial charge in [0.1, 0.15) is 0 Å². The summed E-state index contributed by atoms with van der Waals surface area (Å²) in [5, 5.41) is 11.6. The van der Waals surface area contributed by atoms with Crippen molar-refractivity contribution in [1.82, 2.24) is 4.90 Å². The van der Waals surface area contributed by atoms with Gasteiger partial charge in [-0.05, 0) is 12.1 Å². The third-order valence-electron chi connectivity index (χ3n) is 4.25. The first kappa shape index (κ1) is 17.8. The first-order chi connectivity index (χ1) is 11.9. The Bertz CT molecular complexity index is 741. The van der Waals surface area contributed by atoms with E-state index < -0.39 is 11.2 Å². The van der Waals surface area contributed by atoms with Crippen LogP contribution in [0.4, 0.5) is 5.69 Å². The SMILES string of the molecule is CC(C)C(=O)C1=Cc2cc(Cl)cc([N+](=O)[O-])c2O[C@@H]1N1CCOCC1. The van der Waals surface area contributed by atoms with E-state index in [4.69, 9.17) is 21.1 Å². The molecule has 134 valence electrons. The highest BCUT2D eigenvalue weighted by atomic mass is 35.5. The van der Waals surface area contributed by atoms with Gasteiger partial charge in [0.2, 0.25) is 5.75 Å². The normalized spacial score (nSPS) is 20.6. The monoisotopic (exact) mass is 366 g/mol. The van der Waals surface area contributed by atoms with Crippen LogP contribution in [0.15, 0.2) is 17.7 Å². The Hall–Kier alpha value is -1.96. The molecule has 1 aromatic rings. The number of hydrogen-bond donors (Lipinski definition) is 0. The minimum atomic E-state index is -0.661. The van der Waals surface area contributed by atoms with E-state index >= 15 is 0 Å². The average molecular weight is 367 g/mol. The van der Waals surface area contributed by atoms with E-state index in [1.807, 2.05) is 18.7 Å². The van der Waals surface area contributed by atoms with E-state index in [1.54, 1.807) is 12.1 Å². The summed E-state index contributed by atoms with van der Waals surface area (Å²) in [6, 6.07) is 2.84. The van der Waals surface area contributed by atoms with Crippen molar-refractivity contribution in [3.05, 3.63) is 38.4 Å². The summed E-state index contributed by atoms with van der Waals surface area (Å²) in [7, 11) is 0. The molecule has 0 unspecified atom stereocenters. The summed E-state index contributed by atoms with van der Waals surface area (Å²) >= 11 is 6.00. The molecule has 0 amide bonds. The molecule has 0 saturated carbocycles. The van der Waals surface area contributed by atoms with Crippen molar-refractivity contribution < 1.29 is 19.2 Å². The third kappa shape index (κ3) is 3.53. The average Bonchev–Trinajstić information content (AvgIpc) is 2.59. The Morgan fingerprint density at radius 3 is 2.64 bits per heavy atom. The summed E-state index contributed by atoms with van der Waals surface area (Å²) in [6.07, 6.45) is 1.01. The molecule has 8 heteroatoms. The van der Waals surface area contributed by atoms with Crippen molar-refractivity contribution in [2.24, 2.45) is 5.92 Å². The van der Waals surface area contributed by atoms with Crippen molar-refractivity contribution in [2.75, 3.05) is 26.3 Å². The number of nitro benzene ring substituents is 1. The van der Waals surface area contributed by atoms with Crippen molar-refractivity contribution in [3.8, 4) is 5.75 Å². The van der Waals surface area contributed by atoms with Gasteiger partial charge in [0.25, 0.3) is 0 Å². The zero-order valence-electron chi connectivity index (χ0n) is 14.0. The lowest BCUT2D eigenvalue weighted by molar-refractivity contribution is -0.386. The summed E-state index contributed by atoms with van der Waals surface area (Å²) in [5.41, 5.74) is 0.738. The molecule has 2 aliphatic rings. The number of halogens is 1. The molecular formula is C17H19ClN2O5. The van der Waals surface area contributed by atoms with E-state index in [-0.39, 0.29) is 28.2 Å². The summed E-state index contributed by atoms with van der Waals surface area (Å²) in [4.78, 5) is 25.5. The second-order valence-corrected chi connectivity index (χ2v) is 6.77. The number of carbonyl (C=O) groups excluding carboxylic acids is 1. The number of ether oxygens (including phenoxy) is 2. The van der Waals surface area contributed by atoms with Crippen LogP contribution < -0.4 is 4.74 Å². The Morgan fingerprint density at radius 1 is 1.36 bits per heavy atom. The van der Waals surface area contributed by atoms with Gasteiger partial charge in [0.05, 0.1) is 23.7 Å². The lowest BCUT2D eigenvalue weighted by Gasteiger charge is -2.37. The predicted octanol–water partition coefficient (Wildman–Crippen LogP) is 2.91. The largest absolute Gasteiger partial charge is 0.463 e. The van der Waals surface area contributed by atoms with E-state index in [0.717, 1.165) is 0 Å². The van der Waals surface area contributed by atoms with E-state index in [9.17, 15) is 14.9 Å². The number of Topliss-reactive ketones (excluding diaryl/α,β-unsaturated/α-hetero) is 1. The molecule has 1 aromatic carbocycles. The fourth-order valence-electron chi connectivity index (χ4n) is 2.99. The van der Waals surface area contributed by atoms with Crippen LogP contribution in [0.25, 0.3) is 6.08 Å². The number of ketones is 1. The molecule has 1 fully saturated rings. The molecule has 7 nitrogen and oxygen atoms in total. The van der Waals surface area contributed by atoms with Gasteiger partial charge < -0.3 is 9.47 Å². The Morgan fingerprint density at radius 2 is 2.04 bits per heavy atom. The number of fused-ring (bicyclic) bond motifs is 1. The van der Waals surface area contributed by atoms with Crippen LogP contribution in [0.3, 0.4) is 0 Å². The highest BCUT2D eigenvalue weighted by molar-refractivity contribution is 6.31. The zero-order chi connectivity index (χ0) is 18.1. The highest BCUT2D eigenvalue weighted by Crippen LogP contribution is 2.41. The van der Waals surface area contributed by atoms with Gasteiger partial charge in [-0.25, -0.2) is 0 Å². The molecule has 1 saturated heterocycles. The summed E-state index contributed by atoms with van der Waals surface area (Å²) in [5.74, 6) is -0.120. The zero-order valence-corrected chi connectivity index (χ0v) is 14.8. The molecule has 3 rings (SSSR count). The number of hydrogen-bond acceptors (Lipinski definition) is 6. The molecule has 0 aromatic heterocycles. The van der Waals surface area contributed by atoms with Crippen molar-refractivity contribution in [2.45, 2.75) is 20.1 Å². The lowest BCUT2D eigenvalue weighted by atomic mass is 9.94. The molecule has 0 N–H and O–H groups in total. The van der Waals surface area contributed by atoms with Gasteiger partial charge >= 0.3 is 5.69 Å². The van der Waals surface area contributed by atoms with Crippen LogP contribution in [0, 0.1) is 16.0 Å². The van der Waals surface area contributed by atoms with E-state index in [1.165, 1.54) is 6.07 Å². The van der Waals surface area contributed by atoms with E-state index in [0.29, 0.717) is 37.4 Å². The molecule has 0 spiro atoms. The number of rotatable bonds is 4. The topological polar surface area (TPSA) is 81.9 Å². The Kier molecular flexibility index (Phi) is 5.08. The van der Waals surface area contributed by atoms with Crippen LogP contribution in [-0.2, 0) is 9.53 Å². The summed E-state index contributed by atoms with van der Waals surface area (Å²) in [6.45, 7) is 5.86. The van der Waals surface area contributed by atoms with Gasteiger partial charge in [-0.2, -0.15) is 0 Å². The molecule has 2 heterocycles. The third-order valence-corrected chi connectivity index (χ3v) is 4.47. The van der Waals surface area contributed by atoms with Crippen LogP contribution in [0.2, 0.25) is 5.02 Å². The molecular weight excluding hydrogens is 348 g/mol. The van der Waals surface area contributed by atoms with Gasteiger partial charge in [0.15, 0.2) is 12.0 Å². The second kappa shape index (κ2) is 7.11. The predicted molar refractivity (Wildman–Crippen MR) is 92.7 cm³/mol. The highest BCUT2D eigenvalue weighted by Gasteiger charge is 2.37. The first-order valence-corrected chi connectivity index (χ1v) is 8.48. The standard InChI is InChI=1S/C17H19ClN2O5/c1-10(2)15(21)13-8-11-7-12(18)9-14(20(22)23)16(11)25-17(13)19-3-5-24-6-4-19/h7-10,17H,3-6H2,1-2H3/t17-/m0/s1.